The van der Waals surface area contributed by atoms with E-state index in [0.29, 0.717) is 25.0 Å². The van der Waals surface area contributed by atoms with Gasteiger partial charge >= 0.3 is 0 Å². The molecule has 0 aromatic heterocycles. The van der Waals surface area contributed by atoms with Gasteiger partial charge in [0.25, 0.3) is 0 Å². The maximum atomic E-state index is 12.1. The summed E-state index contributed by atoms with van der Waals surface area (Å²) in [6.07, 6.45) is 1.10. The summed E-state index contributed by atoms with van der Waals surface area (Å²) in [5.74, 6) is 0.675. The molecule has 124 valence electrons. The zero-order chi connectivity index (χ0) is 15.3. The Bertz CT molecular complexity index is 407. The van der Waals surface area contributed by atoms with E-state index in [9.17, 15) is 8.42 Å². The Labute approximate surface area is 129 Å². The molecule has 7 heteroatoms. The van der Waals surface area contributed by atoms with Crippen LogP contribution < -0.4 is 10.0 Å². The highest BCUT2D eigenvalue weighted by atomic mass is 32.2. The molecule has 6 nitrogen and oxygen atoms in total. The number of likely N-dealkylation sites (tertiary alicyclic amines) is 1. The quantitative estimate of drug-likeness (QED) is 0.665. The van der Waals surface area contributed by atoms with Gasteiger partial charge in [-0.25, -0.2) is 13.1 Å². The largest absolute Gasteiger partial charge is 0.314 e. The second-order valence-corrected chi connectivity index (χ2v) is 8.43. The van der Waals surface area contributed by atoms with Gasteiger partial charge in [0.1, 0.15) is 0 Å². The van der Waals surface area contributed by atoms with Crippen molar-refractivity contribution < 1.29 is 8.42 Å². The molecule has 2 fully saturated rings. The van der Waals surface area contributed by atoms with Crippen molar-refractivity contribution in [1.29, 1.82) is 0 Å². The SMILES string of the molecule is CC(C)N1CCC(CNS(=O)(=O)CCN2CCNCC2)C1. The first kappa shape index (κ1) is 17.1. The molecule has 2 rings (SSSR count). The lowest BCUT2D eigenvalue weighted by Gasteiger charge is -2.27. The number of hydrogen-bond acceptors (Lipinski definition) is 5. The first-order valence-electron chi connectivity index (χ1n) is 8.11. The van der Waals surface area contributed by atoms with Crippen molar-refractivity contribution in [3.8, 4) is 0 Å². The van der Waals surface area contributed by atoms with Crippen LogP contribution in [0.4, 0.5) is 0 Å². The minimum atomic E-state index is -3.14. The number of piperazine rings is 1. The molecule has 2 aliphatic heterocycles. The van der Waals surface area contributed by atoms with Crippen molar-refractivity contribution >= 4 is 10.0 Å². The van der Waals surface area contributed by atoms with Crippen LogP contribution in [0.3, 0.4) is 0 Å². The standard InChI is InChI=1S/C14H30N4O2S/c1-13(2)18-6-3-14(12-18)11-16-21(19,20)10-9-17-7-4-15-5-8-17/h13-16H,3-12H2,1-2H3. The summed E-state index contributed by atoms with van der Waals surface area (Å²) in [5, 5.41) is 3.28. The molecule has 21 heavy (non-hydrogen) atoms. The van der Waals surface area contributed by atoms with Crippen LogP contribution in [0.1, 0.15) is 20.3 Å². The summed E-state index contributed by atoms with van der Waals surface area (Å²) in [6, 6.07) is 0.555. The fraction of sp³-hybridized carbons (Fsp3) is 1.00. The van der Waals surface area contributed by atoms with E-state index in [-0.39, 0.29) is 5.75 Å². The molecule has 0 aromatic rings. The maximum Gasteiger partial charge on any atom is 0.212 e. The third-order valence-electron chi connectivity index (χ3n) is 4.53. The number of nitrogens with one attached hydrogen (secondary N) is 2. The topological polar surface area (TPSA) is 64.7 Å². The molecule has 0 bridgehead atoms. The normalized spacial score (nSPS) is 25.8. The summed E-state index contributed by atoms with van der Waals surface area (Å²) in [7, 11) is -3.14. The molecule has 0 saturated carbocycles. The van der Waals surface area contributed by atoms with E-state index in [4.69, 9.17) is 0 Å². The van der Waals surface area contributed by atoms with Crippen LogP contribution in [-0.2, 0) is 10.0 Å². The molecule has 1 unspecified atom stereocenters. The first-order chi connectivity index (χ1) is 9.96. The highest BCUT2D eigenvalue weighted by Crippen LogP contribution is 2.17. The molecular weight excluding hydrogens is 288 g/mol. The Hall–Kier alpha value is -0.210. The van der Waals surface area contributed by atoms with Gasteiger partial charge < -0.3 is 10.2 Å². The number of sulfonamides is 1. The molecular formula is C14H30N4O2S. The molecule has 2 N–H and O–H groups in total. The molecule has 0 spiro atoms. The van der Waals surface area contributed by atoms with Crippen molar-refractivity contribution in [3.63, 3.8) is 0 Å². The Kier molecular flexibility index (Phi) is 6.43. The fourth-order valence-electron chi connectivity index (χ4n) is 3.00. The summed E-state index contributed by atoms with van der Waals surface area (Å²) in [5.41, 5.74) is 0. The van der Waals surface area contributed by atoms with Crippen molar-refractivity contribution in [2.75, 3.05) is 58.1 Å². The van der Waals surface area contributed by atoms with E-state index in [1.165, 1.54) is 0 Å². The second kappa shape index (κ2) is 7.87. The van der Waals surface area contributed by atoms with E-state index < -0.39 is 10.0 Å². The van der Waals surface area contributed by atoms with E-state index in [0.717, 1.165) is 45.7 Å². The number of nitrogens with zero attached hydrogens (tertiary/aromatic N) is 2. The summed E-state index contributed by atoms with van der Waals surface area (Å²) < 4.78 is 27.0. The fourth-order valence-corrected chi connectivity index (χ4v) is 4.13. The predicted molar refractivity (Wildman–Crippen MR) is 85.9 cm³/mol. The molecule has 0 aliphatic carbocycles. The van der Waals surface area contributed by atoms with Crippen LogP contribution in [0.15, 0.2) is 0 Å². The third kappa shape index (κ3) is 5.83. The van der Waals surface area contributed by atoms with Crippen LogP contribution in [0, 0.1) is 5.92 Å². The minimum absolute atomic E-state index is 0.216. The van der Waals surface area contributed by atoms with E-state index in [1.54, 1.807) is 0 Å². The lowest BCUT2D eigenvalue weighted by Crippen LogP contribution is -2.46. The van der Waals surface area contributed by atoms with Gasteiger partial charge in [-0.15, -0.1) is 0 Å². The van der Waals surface area contributed by atoms with Crippen molar-refractivity contribution in [2.24, 2.45) is 5.92 Å². The minimum Gasteiger partial charge on any atom is -0.314 e. The van der Waals surface area contributed by atoms with Crippen molar-refractivity contribution in [3.05, 3.63) is 0 Å². The monoisotopic (exact) mass is 318 g/mol. The van der Waals surface area contributed by atoms with Crippen LogP contribution >= 0.6 is 0 Å². The molecule has 2 aliphatic rings. The van der Waals surface area contributed by atoms with Crippen molar-refractivity contribution in [1.82, 2.24) is 19.8 Å². The van der Waals surface area contributed by atoms with Crippen LogP contribution in [-0.4, -0.2) is 82.4 Å². The van der Waals surface area contributed by atoms with Gasteiger partial charge in [0, 0.05) is 51.9 Å². The molecule has 0 aromatic carbocycles. The summed E-state index contributed by atoms with van der Waals surface area (Å²) in [4.78, 5) is 4.63. The van der Waals surface area contributed by atoms with Crippen molar-refractivity contribution in [2.45, 2.75) is 26.3 Å². The zero-order valence-corrected chi connectivity index (χ0v) is 14.2. The predicted octanol–water partition coefficient (Wildman–Crippen LogP) is -0.459. The second-order valence-electron chi connectivity index (χ2n) is 6.50. The van der Waals surface area contributed by atoms with Crippen LogP contribution in [0.5, 0.6) is 0 Å². The summed E-state index contributed by atoms with van der Waals surface area (Å²) >= 11 is 0. The van der Waals surface area contributed by atoms with E-state index >= 15 is 0 Å². The Morgan fingerprint density at radius 2 is 1.95 bits per heavy atom. The Morgan fingerprint density at radius 3 is 2.57 bits per heavy atom. The average Bonchev–Trinajstić information content (AvgIpc) is 2.94. The lowest BCUT2D eigenvalue weighted by atomic mass is 10.1. The number of hydrogen-bond donors (Lipinski definition) is 2. The zero-order valence-electron chi connectivity index (χ0n) is 13.3. The maximum absolute atomic E-state index is 12.1. The highest BCUT2D eigenvalue weighted by molar-refractivity contribution is 7.89. The Morgan fingerprint density at radius 1 is 1.24 bits per heavy atom. The van der Waals surface area contributed by atoms with Gasteiger partial charge in [-0.2, -0.15) is 0 Å². The summed E-state index contributed by atoms with van der Waals surface area (Å²) in [6.45, 7) is 11.5. The third-order valence-corrected chi connectivity index (χ3v) is 5.85. The first-order valence-corrected chi connectivity index (χ1v) is 9.76. The highest BCUT2D eigenvalue weighted by Gasteiger charge is 2.25. The van der Waals surface area contributed by atoms with Crippen LogP contribution in [0.25, 0.3) is 0 Å². The van der Waals surface area contributed by atoms with Gasteiger partial charge in [0.05, 0.1) is 5.75 Å². The Balaban J connectivity index is 1.66. The van der Waals surface area contributed by atoms with E-state index in [1.807, 2.05) is 0 Å². The molecule has 2 saturated heterocycles. The van der Waals surface area contributed by atoms with Gasteiger partial charge in [0.2, 0.25) is 10.0 Å². The van der Waals surface area contributed by atoms with E-state index in [2.05, 4.69) is 33.7 Å². The van der Waals surface area contributed by atoms with Gasteiger partial charge in [-0.1, -0.05) is 0 Å². The van der Waals surface area contributed by atoms with Gasteiger partial charge in [-0.05, 0) is 32.7 Å². The van der Waals surface area contributed by atoms with Crippen LogP contribution in [0.2, 0.25) is 0 Å². The van der Waals surface area contributed by atoms with Gasteiger partial charge in [-0.3, -0.25) is 4.90 Å². The average molecular weight is 318 g/mol. The molecule has 0 amide bonds. The van der Waals surface area contributed by atoms with Gasteiger partial charge in [0.15, 0.2) is 0 Å². The number of rotatable bonds is 7. The lowest BCUT2D eigenvalue weighted by molar-refractivity contribution is 0.253. The smallest absolute Gasteiger partial charge is 0.212 e. The molecule has 1 atom stereocenters. The molecule has 2 heterocycles. The molecule has 0 radical (unpaired) electrons.